The fourth-order valence-corrected chi connectivity index (χ4v) is 7.28. The lowest BCUT2D eigenvalue weighted by molar-refractivity contribution is -0.148. The van der Waals surface area contributed by atoms with Crippen LogP contribution in [-0.4, -0.2) is 85.9 Å². The van der Waals surface area contributed by atoms with Crippen LogP contribution in [0.3, 0.4) is 0 Å². The number of amides is 2. The summed E-state index contributed by atoms with van der Waals surface area (Å²) in [6.07, 6.45) is -0.364. The first-order chi connectivity index (χ1) is 20.7. The number of aliphatic hydroxyl groups is 3. The molecule has 0 unspecified atom stereocenters. The summed E-state index contributed by atoms with van der Waals surface area (Å²) in [5, 5.41) is 47.5. The first kappa shape index (κ1) is 29.5. The Morgan fingerprint density at radius 1 is 1.14 bits per heavy atom. The van der Waals surface area contributed by atoms with Gasteiger partial charge in [0.25, 0.3) is 5.91 Å². The van der Waals surface area contributed by atoms with Crippen LogP contribution in [-0.2, 0) is 33.9 Å². The second kappa shape index (κ2) is 10.3. The van der Waals surface area contributed by atoms with Crippen LogP contribution < -0.4 is 11.1 Å². The molecule has 0 saturated heterocycles. The van der Waals surface area contributed by atoms with Gasteiger partial charge in [-0.15, -0.1) is 0 Å². The van der Waals surface area contributed by atoms with Gasteiger partial charge in [-0.2, -0.15) is 0 Å². The van der Waals surface area contributed by atoms with E-state index in [9.17, 15) is 39.6 Å². The molecule has 6 rings (SSSR count). The van der Waals surface area contributed by atoms with E-state index in [2.05, 4.69) is 5.32 Å². The molecule has 0 spiro atoms. The van der Waals surface area contributed by atoms with Crippen molar-refractivity contribution in [2.24, 2.45) is 17.6 Å². The second-order valence-corrected chi connectivity index (χ2v) is 12.0. The average molecular weight is 607 g/mol. The number of carbonyl (C=O) groups excluding carboxylic acids is 4. The highest BCUT2D eigenvalue weighted by Gasteiger charge is 2.63. The van der Waals surface area contributed by atoms with Crippen LogP contribution >= 0.6 is 0 Å². The number of nitrogens with two attached hydrogens (primary N) is 1. The van der Waals surface area contributed by atoms with Gasteiger partial charge in [0.05, 0.1) is 23.8 Å². The Labute approximate surface area is 250 Å². The Hall–Kier alpha value is -4.59. The number of rotatable bonds is 5. The summed E-state index contributed by atoms with van der Waals surface area (Å²) in [6.45, 7) is 0.993. The molecule has 0 radical (unpaired) electrons. The van der Waals surface area contributed by atoms with E-state index >= 15 is 4.39 Å². The van der Waals surface area contributed by atoms with Crippen molar-refractivity contribution in [3.8, 4) is 5.75 Å². The number of aliphatic hydroxyl groups excluding tert-OH is 2. The third-order valence-corrected chi connectivity index (χ3v) is 9.22. The van der Waals surface area contributed by atoms with Crippen molar-refractivity contribution >= 4 is 29.1 Å². The SMILES string of the molecule is CN(C)[C@@H]1C(O)=C(C(N)=O)C(=O)[C@@]2(O)C(O)=C3C(=O)c4c(O)c(NC(=O)CN5Cc6ccccc6C5)cc(F)c4C[C@H]3C[C@@H]12. The number of carbonyl (C=O) groups is 4. The highest BCUT2D eigenvalue weighted by molar-refractivity contribution is 6.25. The number of nitrogens with one attached hydrogen (secondary N) is 1. The van der Waals surface area contributed by atoms with Gasteiger partial charge in [0.2, 0.25) is 11.7 Å². The first-order valence-electron chi connectivity index (χ1n) is 14.0. The van der Waals surface area contributed by atoms with Gasteiger partial charge in [0, 0.05) is 36.2 Å². The number of ketones is 2. The van der Waals surface area contributed by atoms with Crippen LogP contribution in [0.15, 0.2) is 53.0 Å². The minimum absolute atomic E-state index is 0.0685. The van der Waals surface area contributed by atoms with Crippen molar-refractivity contribution in [3.63, 3.8) is 0 Å². The monoisotopic (exact) mass is 606 g/mol. The van der Waals surface area contributed by atoms with Crippen LogP contribution in [0.1, 0.15) is 33.5 Å². The molecule has 2 aromatic carbocycles. The van der Waals surface area contributed by atoms with Crippen LogP contribution in [0, 0.1) is 17.7 Å². The number of fused-ring (bicyclic) bond motifs is 4. The fraction of sp³-hybridized carbons (Fsp3) is 0.355. The summed E-state index contributed by atoms with van der Waals surface area (Å²) in [4.78, 5) is 55.5. The molecule has 230 valence electrons. The van der Waals surface area contributed by atoms with Crippen molar-refractivity contribution in [1.82, 2.24) is 9.80 Å². The number of benzene rings is 2. The van der Waals surface area contributed by atoms with Gasteiger partial charge < -0.3 is 31.5 Å². The van der Waals surface area contributed by atoms with Crippen molar-refractivity contribution in [1.29, 1.82) is 0 Å². The number of likely N-dealkylation sites (N-methyl/N-ethyl adjacent to an activating group) is 1. The summed E-state index contributed by atoms with van der Waals surface area (Å²) in [5.74, 6) is -9.78. The molecule has 1 aliphatic heterocycles. The smallest absolute Gasteiger partial charge is 0.255 e. The Morgan fingerprint density at radius 3 is 2.36 bits per heavy atom. The molecule has 4 atom stereocenters. The van der Waals surface area contributed by atoms with Gasteiger partial charge in [-0.1, -0.05) is 24.3 Å². The molecule has 12 nitrogen and oxygen atoms in total. The zero-order valence-electron chi connectivity index (χ0n) is 23.9. The summed E-state index contributed by atoms with van der Waals surface area (Å²) in [5.41, 5.74) is 2.32. The van der Waals surface area contributed by atoms with Gasteiger partial charge in [-0.25, -0.2) is 4.39 Å². The molecule has 1 heterocycles. The standard InChI is InChI=1S/C31H31FN4O8/c1-35(2)24-17-8-15-7-16-18(32)9-19(34-20(37)12-36-10-13-5-3-4-6-14(13)11-36)25(38)22(16)26(39)21(15)28(41)31(17,44)29(42)23(27(24)40)30(33)43/h3-6,9,15,17,24,38,40-41,44H,7-8,10-12H2,1-2H3,(H2,33,43)(H,34,37)/t15-,17-,24-,31-/m0/s1. The molecule has 0 fully saturated rings. The Bertz CT molecular complexity index is 1710. The third kappa shape index (κ3) is 4.22. The highest BCUT2D eigenvalue weighted by Crippen LogP contribution is 2.53. The zero-order chi connectivity index (χ0) is 31.8. The number of allylic oxidation sites excluding steroid dienone is 1. The molecule has 0 bridgehead atoms. The van der Waals surface area contributed by atoms with Gasteiger partial charge in [0.1, 0.15) is 22.9 Å². The third-order valence-electron chi connectivity index (χ3n) is 9.22. The molecule has 13 heteroatoms. The second-order valence-electron chi connectivity index (χ2n) is 12.0. The van der Waals surface area contributed by atoms with Gasteiger partial charge in [-0.3, -0.25) is 29.0 Å². The molecule has 3 aliphatic carbocycles. The summed E-state index contributed by atoms with van der Waals surface area (Å²) in [7, 11) is 3.03. The number of hydrogen-bond donors (Lipinski definition) is 6. The number of primary amides is 1. The topological polar surface area (TPSA) is 194 Å². The molecule has 2 amide bonds. The molecule has 44 heavy (non-hydrogen) atoms. The Kier molecular flexibility index (Phi) is 6.87. The Morgan fingerprint density at radius 2 is 1.77 bits per heavy atom. The predicted molar refractivity (Wildman–Crippen MR) is 153 cm³/mol. The molecular weight excluding hydrogens is 575 g/mol. The normalized spacial score (nSPS) is 26.3. The molecule has 0 saturated carbocycles. The van der Waals surface area contributed by atoms with E-state index in [1.54, 1.807) is 0 Å². The zero-order valence-corrected chi connectivity index (χ0v) is 23.9. The average Bonchev–Trinajstić information content (AvgIpc) is 3.35. The maximum atomic E-state index is 15.5. The molecule has 0 aromatic heterocycles. The van der Waals surface area contributed by atoms with Crippen LogP contribution in [0.4, 0.5) is 10.1 Å². The van der Waals surface area contributed by atoms with Crippen LogP contribution in [0.25, 0.3) is 0 Å². The van der Waals surface area contributed by atoms with Crippen molar-refractivity contribution in [2.75, 3.05) is 26.0 Å². The number of Topliss-reactive ketones (excluding diaryl/α,β-unsaturated/α-hetero) is 2. The van der Waals surface area contributed by atoms with Gasteiger partial charge in [0.15, 0.2) is 17.1 Å². The van der Waals surface area contributed by atoms with Crippen LogP contribution in [0.5, 0.6) is 5.75 Å². The van der Waals surface area contributed by atoms with E-state index in [1.165, 1.54) is 19.0 Å². The minimum atomic E-state index is -2.81. The van der Waals surface area contributed by atoms with Gasteiger partial charge >= 0.3 is 0 Å². The maximum Gasteiger partial charge on any atom is 0.255 e. The van der Waals surface area contributed by atoms with Crippen molar-refractivity contribution < 1.29 is 44.0 Å². The first-order valence-corrected chi connectivity index (χ1v) is 14.0. The highest BCUT2D eigenvalue weighted by atomic mass is 19.1. The predicted octanol–water partition coefficient (Wildman–Crippen LogP) is 1.21. The molecule has 7 N–H and O–H groups in total. The van der Waals surface area contributed by atoms with E-state index in [0.717, 1.165) is 17.2 Å². The van der Waals surface area contributed by atoms with E-state index < -0.39 is 86.7 Å². The van der Waals surface area contributed by atoms with Crippen molar-refractivity contribution in [3.05, 3.63) is 81.1 Å². The summed E-state index contributed by atoms with van der Waals surface area (Å²) >= 11 is 0. The van der Waals surface area contributed by atoms with Crippen molar-refractivity contribution in [2.45, 2.75) is 37.6 Å². The minimum Gasteiger partial charge on any atom is -0.510 e. The van der Waals surface area contributed by atoms with Crippen LogP contribution in [0.2, 0.25) is 0 Å². The van der Waals surface area contributed by atoms with E-state index in [4.69, 9.17) is 5.73 Å². The van der Waals surface area contributed by atoms with Gasteiger partial charge in [-0.05, 0) is 44.0 Å². The lowest BCUT2D eigenvalue weighted by Crippen LogP contribution is -2.63. The number of aromatic hydroxyl groups is 1. The molecule has 2 aromatic rings. The van der Waals surface area contributed by atoms with E-state index in [-0.39, 0.29) is 30.6 Å². The fourth-order valence-electron chi connectivity index (χ4n) is 7.28. The number of halogens is 1. The number of phenols is 1. The largest absolute Gasteiger partial charge is 0.510 e. The number of phenolic OH excluding ortho intramolecular Hbond substituents is 1. The summed E-state index contributed by atoms with van der Waals surface area (Å²) < 4.78 is 15.5. The van der Waals surface area contributed by atoms with E-state index in [1.807, 2.05) is 29.2 Å². The maximum absolute atomic E-state index is 15.5. The van der Waals surface area contributed by atoms with E-state index in [0.29, 0.717) is 13.1 Å². The lowest BCUT2D eigenvalue weighted by Gasteiger charge is -2.50. The number of nitrogens with zero attached hydrogens (tertiary/aromatic N) is 2. The molecular formula is C31H31FN4O8. The Balaban J connectivity index is 1.35. The quantitative estimate of drug-likeness (QED) is 0.213. The molecule has 4 aliphatic rings. The number of anilines is 1. The lowest BCUT2D eigenvalue weighted by atomic mass is 9.58. The number of hydrogen-bond acceptors (Lipinski definition) is 10. The summed E-state index contributed by atoms with van der Waals surface area (Å²) in [6, 6.07) is 7.49.